The van der Waals surface area contributed by atoms with E-state index in [4.69, 9.17) is 4.52 Å². The molecule has 2 fully saturated rings. The maximum atomic E-state index is 13.9. The highest BCUT2D eigenvalue weighted by atomic mass is 31.2. The van der Waals surface area contributed by atoms with Crippen molar-refractivity contribution in [2.24, 2.45) is 0 Å². The standard InChI is InChI=1S/C16H30F3N2O2P/c1-12-7-5-8-13(2)20(12)24(22,23-11-16(17,18)19)21-14(3)9-6-10-15(21)4/h12-15H,5-11H2,1-4H3. The van der Waals surface area contributed by atoms with Crippen LogP contribution in [0.3, 0.4) is 0 Å². The first-order valence-corrected chi connectivity index (χ1v) is 10.5. The molecule has 4 atom stereocenters. The summed E-state index contributed by atoms with van der Waals surface area (Å²) in [5, 5.41) is 0. The van der Waals surface area contributed by atoms with E-state index in [-0.39, 0.29) is 24.2 Å². The van der Waals surface area contributed by atoms with Gasteiger partial charge >= 0.3 is 13.8 Å². The minimum Gasteiger partial charge on any atom is -0.296 e. The van der Waals surface area contributed by atoms with Crippen molar-refractivity contribution >= 4 is 7.67 Å². The molecule has 2 aliphatic heterocycles. The Morgan fingerprint density at radius 1 is 0.875 bits per heavy atom. The molecule has 0 spiro atoms. The summed E-state index contributed by atoms with van der Waals surface area (Å²) in [5.41, 5.74) is 0. The summed E-state index contributed by atoms with van der Waals surface area (Å²) in [6.07, 6.45) is 0.855. The highest BCUT2D eigenvalue weighted by Gasteiger charge is 2.50. The zero-order valence-corrected chi connectivity index (χ0v) is 15.9. The van der Waals surface area contributed by atoms with Gasteiger partial charge in [0.1, 0.15) is 0 Å². The Labute approximate surface area is 143 Å². The minimum absolute atomic E-state index is 0.0471. The Balaban J connectivity index is 2.38. The molecule has 4 nitrogen and oxygen atoms in total. The van der Waals surface area contributed by atoms with E-state index in [1.54, 1.807) is 9.34 Å². The van der Waals surface area contributed by atoms with Crippen molar-refractivity contribution in [1.29, 1.82) is 0 Å². The zero-order chi connectivity index (χ0) is 18.1. The fraction of sp³-hybridized carbons (Fsp3) is 1.00. The summed E-state index contributed by atoms with van der Waals surface area (Å²) in [5.74, 6) is 0. The van der Waals surface area contributed by atoms with Crippen molar-refractivity contribution in [2.45, 2.75) is 96.6 Å². The number of rotatable bonds is 4. The van der Waals surface area contributed by atoms with Crippen LogP contribution in [-0.2, 0) is 9.09 Å². The largest absolute Gasteiger partial charge is 0.412 e. The van der Waals surface area contributed by atoms with Crippen molar-refractivity contribution in [1.82, 2.24) is 9.34 Å². The lowest BCUT2D eigenvalue weighted by Crippen LogP contribution is -2.51. The smallest absolute Gasteiger partial charge is 0.296 e. The van der Waals surface area contributed by atoms with Crippen LogP contribution in [0.25, 0.3) is 0 Å². The third kappa shape index (κ3) is 4.35. The Hall–Kier alpha value is -0.100. The molecule has 24 heavy (non-hydrogen) atoms. The quantitative estimate of drug-likeness (QED) is 0.637. The fourth-order valence-corrected chi connectivity index (χ4v) is 7.50. The summed E-state index contributed by atoms with van der Waals surface area (Å²) in [4.78, 5) is 0. The maximum absolute atomic E-state index is 13.9. The second-order valence-corrected chi connectivity index (χ2v) is 9.56. The van der Waals surface area contributed by atoms with Crippen LogP contribution < -0.4 is 0 Å². The molecule has 0 aliphatic carbocycles. The number of halogens is 3. The van der Waals surface area contributed by atoms with Crippen molar-refractivity contribution in [3.8, 4) is 0 Å². The van der Waals surface area contributed by atoms with E-state index in [1.165, 1.54) is 0 Å². The molecule has 2 heterocycles. The lowest BCUT2D eigenvalue weighted by atomic mass is 10.0. The number of alkyl halides is 3. The van der Waals surface area contributed by atoms with E-state index < -0.39 is 20.5 Å². The molecule has 0 amide bonds. The summed E-state index contributed by atoms with van der Waals surface area (Å²) < 4.78 is 61.2. The molecule has 0 bridgehead atoms. The van der Waals surface area contributed by atoms with Crippen LogP contribution in [0.15, 0.2) is 0 Å². The van der Waals surface area contributed by atoms with Crippen LogP contribution in [0.4, 0.5) is 13.2 Å². The van der Waals surface area contributed by atoms with Crippen LogP contribution in [0.2, 0.25) is 0 Å². The van der Waals surface area contributed by atoms with Crippen LogP contribution in [0.1, 0.15) is 66.2 Å². The number of hydrogen-bond acceptors (Lipinski definition) is 2. The third-order valence-corrected chi connectivity index (χ3v) is 8.48. The Morgan fingerprint density at radius 3 is 1.50 bits per heavy atom. The van der Waals surface area contributed by atoms with Crippen LogP contribution in [0.5, 0.6) is 0 Å². The average molecular weight is 370 g/mol. The van der Waals surface area contributed by atoms with Gasteiger partial charge < -0.3 is 0 Å². The first kappa shape index (κ1) is 20.2. The van der Waals surface area contributed by atoms with Crippen LogP contribution >= 0.6 is 7.67 Å². The molecule has 4 unspecified atom stereocenters. The van der Waals surface area contributed by atoms with E-state index in [9.17, 15) is 17.7 Å². The number of nitrogens with zero attached hydrogens (tertiary/aromatic N) is 2. The second-order valence-electron chi connectivity index (χ2n) is 7.40. The second kappa shape index (κ2) is 7.65. The first-order valence-electron chi connectivity index (χ1n) is 8.95. The van der Waals surface area contributed by atoms with E-state index in [1.807, 2.05) is 27.7 Å². The molecule has 142 valence electrons. The third-order valence-electron chi connectivity index (χ3n) is 5.27. The zero-order valence-electron chi connectivity index (χ0n) is 15.1. The van der Waals surface area contributed by atoms with Crippen LogP contribution in [0, 0.1) is 0 Å². The molecular weight excluding hydrogens is 340 g/mol. The summed E-state index contributed by atoms with van der Waals surface area (Å²) in [7, 11) is -3.74. The topological polar surface area (TPSA) is 32.8 Å². The molecule has 2 saturated heterocycles. The Kier molecular flexibility index (Phi) is 6.44. The number of piperidine rings is 2. The van der Waals surface area contributed by atoms with E-state index in [0.717, 1.165) is 38.5 Å². The SMILES string of the molecule is CC1CCCC(C)N1P(=O)(OCC(F)(F)F)N1C(C)CCCC1C. The van der Waals surface area contributed by atoms with Gasteiger partial charge in [-0.2, -0.15) is 13.2 Å². The average Bonchev–Trinajstić information content (AvgIpc) is 2.44. The normalized spacial score (nSPS) is 36.5. The maximum Gasteiger partial charge on any atom is 0.412 e. The lowest BCUT2D eigenvalue weighted by molar-refractivity contribution is -0.156. The van der Waals surface area contributed by atoms with Gasteiger partial charge in [-0.1, -0.05) is 12.8 Å². The van der Waals surface area contributed by atoms with Crippen molar-refractivity contribution in [3.05, 3.63) is 0 Å². The van der Waals surface area contributed by atoms with Gasteiger partial charge in [0.15, 0.2) is 6.61 Å². The molecule has 2 rings (SSSR count). The molecule has 2 aliphatic rings. The van der Waals surface area contributed by atoms with Gasteiger partial charge in [0.2, 0.25) is 0 Å². The minimum atomic E-state index is -4.49. The molecule has 8 heteroatoms. The number of hydrogen-bond donors (Lipinski definition) is 0. The molecular formula is C16H30F3N2O2P. The molecule has 0 aromatic heterocycles. The lowest BCUT2D eigenvalue weighted by Gasteiger charge is -2.51. The van der Waals surface area contributed by atoms with E-state index in [0.29, 0.717) is 0 Å². The molecule has 0 aromatic carbocycles. The predicted molar refractivity (Wildman–Crippen MR) is 88.8 cm³/mol. The monoisotopic (exact) mass is 370 g/mol. The van der Waals surface area contributed by atoms with Gasteiger partial charge in [-0.3, -0.25) is 9.09 Å². The van der Waals surface area contributed by atoms with E-state index >= 15 is 0 Å². The Bertz CT molecular complexity index is 425. The molecule has 0 radical (unpaired) electrons. The molecule has 0 saturated carbocycles. The molecule has 0 aromatic rings. The Morgan fingerprint density at radius 2 is 1.21 bits per heavy atom. The van der Waals surface area contributed by atoms with Gasteiger partial charge in [0.25, 0.3) is 0 Å². The highest BCUT2D eigenvalue weighted by Crippen LogP contribution is 2.62. The van der Waals surface area contributed by atoms with Crippen molar-refractivity contribution < 1.29 is 22.3 Å². The van der Waals surface area contributed by atoms with E-state index in [2.05, 4.69) is 0 Å². The van der Waals surface area contributed by atoms with Crippen molar-refractivity contribution in [2.75, 3.05) is 6.61 Å². The summed E-state index contributed by atoms with van der Waals surface area (Å²) in [6.45, 7) is 6.31. The summed E-state index contributed by atoms with van der Waals surface area (Å²) in [6, 6.07) is -0.188. The van der Waals surface area contributed by atoms with Gasteiger partial charge in [-0.15, -0.1) is 0 Å². The van der Waals surface area contributed by atoms with Crippen LogP contribution in [-0.4, -0.2) is 46.3 Å². The summed E-state index contributed by atoms with van der Waals surface area (Å²) >= 11 is 0. The van der Waals surface area contributed by atoms with Gasteiger partial charge in [-0.05, 0) is 53.4 Å². The first-order chi connectivity index (χ1) is 11.1. The van der Waals surface area contributed by atoms with Gasteiger partial charge in [0, 0.05) is 24.2 Å². The van der Waals surface area contributed by atoms with Crippen molar-refractivity contribution in [3.63, 3.8) is 0 Å². The predicted octanol–water partition coefficient (Wildman–Crippen LogP) is 5.20. The molecule has 0 N–H and O–H groups in total. The fourth-order valence-electron chi connectivity index (χ4n) is 4.22. The van der Waals surface area contributed by atoms with Gasteiger partial charge in [-0.25, -0.2) is 9.34 Å². The highest BCUT2D eigenvalue weighted by molar-refractivity contribution is 7.54. The van der Waals surface area contributed by atoms with Gasteiger partial charge in [0.05, 0.1) is 0 Å².